The Labute approximate surface area is 112 Å². The first-order valence-electron chi connectivity index (χ1n) is 5.56. The predicted octanol–water partition coefficient (Wildman–Crippen LogP) is 3.22. The summed E-state index contributed by atoms with van der Waals surface area (Å²) >= 11 is 3.40. The van der Waals surface area contributed by atoms with Crippen LogP contribution in [0.4, 0.5) is 5.69 Å². The largest absolute Gasteiger partial charge is 0.384 e. The highest BCUT2D eigenvalue weighted by Crippen LogP contribution is 2.26. The lowest BCUT2D eigenvalue weighted by molar-refractivity contribution is 0.419. The molecule has 0 amide bonds. The highest BCUT2D eigenvalue weighted by atomic mass is 79.9. The molecule has 0 bridgehead atoms. The van der Waals surface area contributed by atoms with Crippen molar-refractivity contribution in [3.05, 3.63) is 28.2 Å². The second kappa shape index (κ2) is 5.08. The van der Waals surface area contributed by atoms with Crippen LogP contribution in [0, 0.1) is 10.8 Å². The summed E-state index contributed by atoms with van der Waals surface area (Å²) in [6, 6.07) is 5.85. The maximum atomic E-state index is 7.63. The van der Waals surface area contributed by atoms with E-state index >= 15 is 0 Å². The van der Waals surface area contributed by atoms with Gasteiger partial charge in [-0.15, -0.1) is 0 Å². The van der Waals surface area contributed by atoms with Crippen LogP contribution in [0.1, 0.15) is 26.3 Å². The Hall–Kier alpha value is -1.03. The summed E-state index contributed by atoms with van der Waals surface area (Å²) in [6.45, 7) is 7.48. The molecular weight excluding hydrogens is 278 g/mol. The van der Waals surface area contributed by atoms with E-state index in [2.05, 4.69) is 41.6 Å². The number of nitrogen functional groups attached to an aromatic ring is 1. The number of rotatable bonds is 3. The molecule has 0 aromatic heterocycles. The SMILES string of the molecule is CN(CC(C)(C)C)c1ccc(Br)cc1C(=N)N. The fraction of sp³-hybridized carbons (Fsp3) is 0.462. The molecule has 0 saturated heterocycles. The Morgan fingerprint density at radius 3 is 2.47 bits per heavy atom. The Kier molecular flexibility index (Phi) is 4.20. The first kappa shape index (κ1) is 14.0. The molecule has 0 aliphatic heterocycles. The average molecular weight is 298 g/mol. The third kappa shape index (κ3) is 4.04. The Bertz CT molecular complexity index is 421. The fourth-order valence-electron chi connectivity index (χ4n) is 1.85. The van der Waals surface area contributed by atoms with Crippen molar-refractivity contribution in [3.8, 4) is 0 Å². The van der Waals surface area contributed by atoms with Crippen LogP contribution in [-0.4, -0.2) is 19.4 Å². The molecule has 0 aliphatic carbocycles. The second-order valence-corrected chi connectivity index (χ2v) is 6.41. The van der Waals surface area contributed by atoms with Crippen molar-refractivity contribution >= 4 is 27.5 Å². The van der Waals surface area contributed by atoms with E-state index in [9.17, 15) is 0 Å². The number of nitrogens with one attached hydrogen (secondary N) is 1. The van der Waals surface area contributed by atoms with E-state index in [1.54, 1.807) is 0 Å². The van der Waals surface area contributed by atoms with E-state index in [-0.39, 0.29) is 11.3 Å². The molecule has 0 atom stereocenters. The van der Waals surface area contributed by atoms with Crippen molar-refractivity contribution in [1.29, 1.82) is 5.41 Å². The standard InChI is InChI=1S/C13H20BrN3/c1-13(2,3)8-17(4)11-6-5-9(14)7-10(11)12(15)16/h5-7H,8H2,1-4H3,(H3,15,16). The van der Waals surface area contributed by atoms with Gasteiger partial charge in [0.05, 0.1) is 0 Å². The third-order valence-corrected chi connectivity index (χ3v) is 2.86. The molecule has 1 aromatic rings. The summed E-state index contributed by atoms with van der Waals surface area (Å²) in [7, 11) is 2.03. The smallest absolute Gasteiger partial charge is 0.124 e. The zero-order valence-corrected chi connectivity index (χ0v) is 12.4. The highest BCUT2D eigenvalue weighted by Gasteiger charge is 2.17. The summed E-state index contributed by atoms with van der Waals surface area (Å²) < 4.78 is 0.940. The number of hydrogen-bond acceptors (Lipinski definition) is 2. The summed E-state index contributed by atoms with van der Waals surface area (Å²) in [5.41, 5.74) is 7.59. The number of hydrogen-bond donors (Lipinski definition) is 2. The van der Waals surface area contributed by atoms with Crippen molar-refractivity contribution < 1.29 is 0 Å². The predicted molar refractivity (Wildman–Crippen MR) is 77.9 cm³/mol. The number of halogens is 1. The highest BCUT2D eigenvalue weighted by molar-refractivity contribution is 9.10. The van der Waals surface area contributed by atoms with Crippen LogP contribution < -0.4 is 10.6 Å². The van der Waals surface area contributed by atoms with E-state index in [0.29, 0.717) is 0 Å². The molecule has 0 radical (unpaired) electrons. The number of nitrogens with two attached hydrogens (primary N) is 1. The minimum absolute atomic E-state index is 0.0991. The van der Waals surface area contributed by atoms with Crippen molar-refractivity contribution in [3.63, 3.8) is 0 Å². The first-order chi connectivity index (χ1) is 7.70. The van der Waals surface area contributed by atoms with E-state index in [4.69, 9.17) is 11.1 Å². The van der Waals surface area contributed by atoms with Crippen molar-refractivity contribution in [2.45, 2.75) is 20.8 Å². The van der Waals surface area contributed by atoms with E-state index < -0.39 is 0 Å². The molecule has 0 saturated carbocycles. The Morgan fingerprint density at radius 2 is 2.00 bits per heavy atom. The van der Waals surface area contributed by atoms with Gasteiger partial charge in [0.1, 0.15) is 5.84 Å². The molecular formula is C13H20BrN3. The maximum Gasteiger partial charge on any atom is 0.124 e. The van der Waals surface area contributed by atoms with Crippen molar-refractivity contribution in [1.82, 2.24) is 0 Å². The fourth-order valence-corrected chi connectivity index (χ4v) is 2.21. The van der Waals surface area contributed by atoms with Crippen LogP contribution >= 0.6 is 15.9 Å². The molecule has 1 aromatic carbocycles. The van der Waals surface area contributed by atoms with Crippen LogP contribution in [0.25, 0.3) is 0 Å². The molecule has 0 heterocycles. The number of nitrogens with zero attached hydrogens (tertiary/aromatic N) is 1. The second-order valence-electron chi connectivity index (χ2n) is 5.49. The van der Waals surface area contributed by atoms with Gasteiger partial charge < -0.3 is 10.6 Å². The van der Waals surface area contributed by atoms with Crippen LogP contribution in [0.3, 0.4) is 0 Å². The molecule has 0 unspecified atom stereocenters. The maximum absolute atomic E-state index is 7.63. The summed E-state index contributed by atoms with van der Waals surface area (Å²) in [5, 5.41) is 7.63. The van der Waals surface area contributed by atoms with Gasteiger partial charge in [0, 0.05) is 29.3 Å². The monoisotopic (exact) mass is 297 g/mol. The zero-order chi connectivity index (χ0) is 13.2. The topological polar surface area (TPSA) is 53.1 Å². The van der Waals surface area contributed by atoms with Crippen LogP contribution in [0.5, 0.6) is 0 Å². The van der Waals surface area contributed by atoms with Crippen molar-refractivity contribution in [2.75, 3.05) is 18.5 Å². The van der Waals surface area contributed by atoms with Gasteiger partial charge in [-0.2, -0.15) is 0 Å². The first-order valence-corrected chi connectivity index (χ1v) is 6.35. The molecule has 4 heteroatoms. The number of benzene rings is 1. The minimum atomic E-state index is 0.0991. The van der Waals surface area contributed by atoms with Crippen LogP contribution in [-0.2, 0) is 0 Å². The molecule has 94 valence electrons. The van der Waals surface area contributed by atoms with Gasteiger partial charge in [-0.25, -0.2) is 0 Å². The molecule has 3 nitrogen and oxygen atoms in total. The van der Waals surface area contributed by atoms with Gasteiger partial charge in [0.25, 0.3) is 0 Å². The van der Waals surface area contributed by atoms with Gasteiger partial charge in [-0.05, 0) is 23.6 Å². The van der Waals surface area contributed by atoms with Gasteiger partial charge in [0.2, 0.25) is 0 Å². The molecule has 17 heavy (non-hydrogen) atoms. The lowest BCUT2D eigenvalue weighted by Gasteiger charge is -2.29. The number of anilines is 1. The molecule has 0 spiro atoms. The molecule has 0 fully saturated rings. The van der Waals surface area contributed by atoms with Crippen LogP contribution in [0.2, 0.25) is 0 Å². The molecule has 3 N–H and O–H groups in total. The summed E-state index contributed by atoms with van der Waals surface area (Å²) in [5.74, 6) is 0.0991. The summed E-state index contributed by atoms with van der Waals surface area (Å²) in [4.78, 5) is 2.14. The average Bonchev–Trinajstić information content (AvgIpc) is 2.14. The third-order valence-electron chi connectivity index (χ3n) is 2.37. The molecule has 1 rings (SSSR count). The van der Waals surface area contributed by atoms with Gasteiger partial charge >= 0.3 is 0 Å². The van der Waals surface area contributed by atoms with E-state index in [1.165, 1.54) is 0 Å². The van der Waals surface area contributed by atoms with Gasteiger partial charge in [-0.1, -0.05) is 36.7 Å². The molecule has 0 aliphatic rings. The zero-order valence-electron chi connectivity index (χ0n) is 10.8. The summed E-state index contributed by atoms with van der Waals surface area (Å²) in [6.07, 6.45) is 0. The minimum Gasteiger partial charge on any atom is -0.384 e. The van der Waals surface area contributed by atoms with Crippen molar-refractivity contribution in [2.24, 2.45) is 11.1 Å². The Morgan fingerprint density at radius 1 is 1.41 bits per heavy atom. The lowest BCUT2D eigenvalue weighted by atomic mass is 9.95. The normalized spacial score (nSPS) is 11.4. The Balaban J connectivity index is 3.09. The van der Waals surface area contributed by atoms with E-state index in [0.717, 1.165) is 22.3 Å². The quantitative estimate of drug-likeness (QED) is 0.665. The van der Waals surface area contributed by atoms with Crippen LogP contribution in [0.15, 0.2) is 22.7 Å². The lowest BCUT2D eigenvalue weighted by Crippen LogP contribution is -2.31. The van der Waals surface area contributed by atoms with Gasteiger partial charge in [0.15, 0.2) is 0 Å². The number of amidine groups is 1. The van der Waals surface area contributed by atoms with Gasteiger partial charge in [-0.3, -0.25) is 5.41 Å². The van der Waals surface area contributed by atoms with E-state index in [1.807, 2.05) is 25.2 Å².